The smallest absolute Gasteiger partial charge is 0.0218 e. The van der Waals surface area contributed by atoms with Gasteiger partial charge in [-0.3, -0.25) is 4.90 Å². The number of nitrogens with zero attached hydrogens (tertiary/aromatic N) is 1. The molecule has 0 aromatic carbocycles. The molecule has 96 valence electrons. The van der Waals surface area contributed by atoms with Crippen LogP contribution in [0.3, 0.4) is 0 Å². The molecule has 0 aromatic rings. The molecule has 0 spiro atoms. The summed E-state index contributed by atoms with van der Waals surface area (Å²) in [6.07, 6.45) is 7.96. The van der Waals surface area contributed by atoms with E-state index in [1.165, 1.54) is 51.6 Å². The van der Waals surface area contributed by atoms with Gasteiger partial charge < -0.3 is 5.73 Å². The van der Waals surface area contributed by atoms with Crippen molar-refractivity contribution in [3.63, 3.8) is 0 Å². The predicted molar refractivity (Wildman–Crippen MR) is 71.6 cm³/mol. The Balaban J connectivity index is 2.46. The van der Waals surface area contributed by atoms with Gasteiger partial charge in [0.2, 0.25) is 0 Å². The highest BCUT2D eigenvalue weighted by Crippen LogP contribution is 2.38. The van der Waals surface area contributed by atoms with E-state index < -0.39 is 0 Å². The average molecular weight is 226 g/mol. The fraction of sp³-hybridized carbons (Fsp3) is 1.00. The standard InChI is InChI=1S/C14H30N2/c1-4-7-13(12-15)16-10-8-14(5-2,6-3)9-11-16/h13H,4-12,15H2,1-3H3. The van der Waals surface area contributed by atoms with E-state index in [1.807, 2.05) is 0 Å². The summed E-state index contributed by atoms with van der Waals surface area (Å²) in [7, 11) is 0. The van der Waals surface area contributed by atoms with Crippen LogP contribution in [0.25, 0.3) is 0 Å². The minimum absolute atomic E-state index is 0.636. The van der Waals surface area contributed by atoms with Gasteiger partial charge in [-0.05, 0) is 37.8 Å². The molecule has 0 amide bonds. The highest BCUT2D eigenvalue weighted by atomic mass is 15.2. The highest BCUT2D eigenvalue weighted by molar-refractivity contribution is 4.86. The quantitative estimate of drug-likeness (QED) is 0.754. The minimum atomic E-state index is 0.636. The van der Waals surface area contributed by atoms with Crippen LogP contribution in [0.15, 0.2) is 0 Å². The van der Waals surface area contributed by atoms with Crippen LogP contribution in [0.2, 0.25) is 0 Å². The third kappa shape index (κ3) is 3.21. The molecule has 2 heteroatoms. The van der Waals surface area contributed by atoms with Crippen LogP contribution in [0.4, 0.5) is 0 Å². The van der Waals surface area contributed by atoms with Crippen LogP contribution < -0.4 is 5.73 Å². The largest absolute Gasteiger partial charge is 0.329 e. The molecule has 0 bridgehead atoms. The van der Waals surface area contributed by atoms with Crippen LogP contribution in [-0.2, 0) is 0 Å². The van der Waals surface area contributed by atoms with Crippen LogP contribution in [0.5, 0.6) is 0 Å². The SMILES string of the molecule is CCCC(CN)N1CCC(CC)(CC)CC1. The Labute approximate surface area is 102 Å². The zero-order valence-electron chi connectivity index (χ0n) is 11.5. The lowest BCUT2D eigenvalue weighted by atomic mass is 9.74. The van der Waals surface area contributed by atoms with E-state index >= 15 is 0 Å². The maximum atomic E-state index is 5.88. The number of hydrogen-bond donors (Lipinski definition) is 1. The summed E-state index contributed by atoms with van der Waals surface area (Å²) in [5.74, 6) is 0. The minimum Gasteiger partial charge on any atom is -0.329 e. The summed E-state index contributed by atoms with van der Waals surface area (Å²) in [5.41, 5.74) is 6.52. The van der Waals surface area contributed by atoms with Gasteiger partial charge in [0.05, 0.1) is 0 Å². The van der Waals surface area contributed by atoms with Gasteiger partial charge >= 0.3 is 0 Å². The molecular formula is C14H30N2. The van der Waals surface area contributed by atoms with Crippen molar-refractivity contribution in [3.05, 3.63) is 0 Å². The molecule has 1 rings (SSSR count). The highest BCUT2D eigenvalue weighted by Gasteiger charge is 2.32. The maximum absolute atomic E-state index is 5.88. The molecule has 1 fully saturated rings. The molecule has 0 radical (unpaired) electrons. The number of hydrogen-bond acceptors (Lipinski definition) is 2. The van der Waals surface area contributed by atoms with E-state index in [-0.39, 0.29) is 0 Å². The number of likely N-dealkylation sites (tertiary alicyclic amines) is 1. The van der Waals surface area contributed by atoms with E-state index in [1.54, 1.807) is 0 Å². The van der Waals surface area contributed by atoms with Crippen LogP contribution in [-0.4, -0.2) is 30.6 Å². The average Bonchev–Trinajstić information content (AvgIpc) is 2.36. The van der Waals surface area contributed by atoms with Crippen molar-refractivity contribution in [1.82, 2.24) is 4.90 Å². The van der Waals surface area contributed by atoms with Crippen molar-refractivity contribution in [3.8, 4) is 0 Å². The van der Waals surface area contributed by atoms with Crippen molar-refractivity contribution in [2.24, 2.45) is 11.1 Å². The molecule has 1 saturated heterocycles. The number of nitrogens with two attached hydrogens (primary N) is 1. The van der Waals surface area contributed by atoms with Gasteiger partial charge in [-0.15, -0.1) is 0 Å². The lowest BCUT2D eigenvalue weighted by Crippen LogP contribution is -2.47. The van der Waals surface area contributed by atoms with E-state index in [2.05, 4.69) is 25.7 Å². The van der Waals surface area contributed by atoms with E-state index in [0.717, 1.165) is 6.54 Å². The Hall–Kier alpha value is -0.0800. The Morgan fingerprint density at radius 3 is 2.06 bits per heavy atom. The first kappa shape index (κ1) is 14.0. The molecule has 1 unspecified atom stereocenters. The predicted octanol–water partition coefficient (Wildman–Crippen LogP) is 3.02. The maximum Gasteiger partial charge on any atom is 0.0218 e. The summed E-state index contributed by atoms with van der Waals surface area (Å²) in [6.45, 7) is 10.3. The van der Waals surface area contributed by atoms with Crippen molar-refractivity contribution >= 4 is 0 Å². The fourth-order valence-corrected chi connectivity index (χ4v) is 3.10. The summed E-state index contributed by atoms with van der Waals surface area (Å²) >= 11 is 0. The van der Waals surface area contributed by atoms with Crippen molar-refractivity contribution in [2.45, 2.75) is 65.3 Å². The first-order chi connectivity index (χ1) is 7.71. The molecule has 1 aliphatic rings. The second kappa shape index (κ2) is 6.61. The normalized spacial score (nSPS) is 23.2. The van der Waals surface area contributed by atoms with Crippen molar-refractivity contribution in [1.29, 1.82) is 0 Å². The van der Waals surface area contributed by atoms with Crippen LogP contribution in [0.1, 0.15) is 59.3 Å². The van der Waals surface area contributed by atoms with Crippen LogP contribution in [0, 0.1) is 5.41 Å². The van der Waals surface area contributed by atoms with Gasteiger partial charge in [0, 0.05) is 12.6 Å². The van der Waals surface area contributed by atoms with E-state index in [0.29, 0.717) is 11.5 Å². The van der Waals surface area contributed by atoms with Crippen molar-refractivity contribution in [2.75, 3.05) is 19.6 Å². The van der Waals surface area contributed by atoms with Gasteiger partial charge in [-0.1, -0.05) is 40.0 Å². The summed E-state index contributed by atoms with van der Waals surface area (Å²) < 4.78 is 0. The molecule has 1 heterocycles. The molecule has 2 N–H and O–H groups in total. The fourth-order valence-electron chi connectivity index (χ4n) is 3.10. The summed E-state index contributed by atoms with van der Waals surface area (Å²) in [6, 6.07) is 0.636. The first-order valence-electron chi connectivity index (χ1n) is 7.15. The van der Waals surface area contributed by atoms with Gasteiger partial charge in [0.25, 0.3) is 0 Å². The Morgan fingerprint density at radius 1 is 1.12 bits per heavy atom. The van der Waals surface area contributed by atoms with Gasteiger partial charge in [-0.2, -0.15) is 0 Å². The lowest BCUT2D eigenvalue weighted by molar-refractivity contribution is 0.0653. The summed E-state index contributed by atoms with van der Waals surface area (Å²) in [4.78, 5) is 2.63. The number of piperidine rings is 1. The molecule has 0 aromatic heterocycles. The Morgan fingerprint density at radius 2 is 1.69 bits per heavy atom. The second-order valence-electron chi connectivity index (χ2n) is 5.42. The van der Waals surface area contributed by atoms with Gasteiger partial charge in [0.1, 0.15) is 0 Å². The molecule has 0 saturated carbocycles. The third-order valence-corrected chi connectivity index (χ3v) is 4.77. The number of rotatable bonds is 6. The third-order valence-electron chi connectivity index (χ3n) is 4.77. The van der Waals surface area contributed by atoms with Crippen LogP contribution >= 0.6 is 0 Å². The summed E-state index contributed by atoms with van der Waals surface area (Å²) in [5, 5.41) is 0. The lowest BCUT2D eigenvalue weighted by Gasteiger charge is -2.43. The molecule has 1 atom stereocenters. The zero-order chi connectivity index (χ0) is 12.0. The zero-order valence-corrected chi connectivity index (χ0v) is 11.5. The molecule has 0 aliphatic carbocycles. The topological polar surface area (TPSA) is 29.3 Å². The first-order valence-corrected chi connectivity index (χ1v) is 7.15. The molecule has 2 nitrogen and oxygen atoms in total. The molecule has 1 aliphatic heterocycles. The monoisotopic (exact) mass is 226 g/mol. The molecular weight excluding hydrogens is 196 g/mol. The van der Waals surface area contributed by atoms with Crippen molar-refractivity contribution < 1.29 is 0 Å². The van der Waals surface area contributed by atoms with E-state index in [4.69, 9.17) is 5.73 Å². The van der Waals surface area contributed by atoms with Gasteiger partial charge in [-0.25, -0.2) is 0 Å². The van der Waals surface area contributed by atoms with E-state index in [9.17, 15) is 0 Å². The molecule has 16 heavy (non-hydrogen) atoms. The Bertz CT molecular complexity index is 177. The van der Waals surface area contributed by atoms with Gasteiger partial charge in [0.15, 0.2) is 0 Å². The Kier molecular flexibility index (Phi) is 5.77. The second-order valence-corrected chi connectivity index (χ2v) is 5.42.